The van der Waals surface area contributed by atoms with Gasteiger partial charge in [-0.05, 0) is 33.6 Å². The second-order valence-electron chi connectivity index (χ2n) is 9.98. The Bertz CT molecular complexity index is 1010. The third-order valence-corrected chi connectivity index (χ3v) is 6.51. The van der Waals surface area contributed by atoms with Gasteiger partial charge in [0.25, 0.3) is 0 Å². The molecule has 0 spiro atoms. The summed E-state index contributed by atoms with van der Waals surface area (Å²) in [7, 11) is 0. The fraction of sp³-hybridized carbons (Fsp3) is 0.444. The van der Waals surface area contributed by atoms with Crippen molar-refractivity contribution in [1.82, 2.24) is 10.6 Å². The minimum atomic E-state index is -1.10. The highest BCUT2D eigenvalue weighted by atomic mass is 16.5. The van der Waals surface area contributed by atoms with E-state index < -0.39 is 35.5 Å². The van der Waals surface area contributed by atoms with Crippen LogP contribution in [0.5, 0.6) is 0 Å². The van der Waals surface area contributed by atoms with Gasteiger partial charge in [0.05, 0.1) is 0 Å². The van der Waals surface area contributed by atoms with E-state index in [0.717, 1.165) is 22.3 Å². The van der Waals surface area contributed by atoms with Crippen LogP contribution < -0.4 is 10.6 Å². The van der Waals surface area contributed by atoms with Crippen molar-refractivity contribution in [2.75, 3.05) is 6.61 Å². The normalized spacial score (nSPS) is 15.4. The van der Waals surface area contributed by atoms with E-state index in [1.165, 1.54) is 0 Å². The average molecular weight is 467 g/mol. The first-order valence-electron chi connectivity index (χ1n) is 11.7. The number of ether oxygens (including phenoxy) is 1. The number of carboxylic acids is 1. The lowest BCUT2D eigenvalue weighted by molar-refractivity contribution is -0.144. The summed E-state index contributed by atoms with van der Waals surface area (Å²) in [5, 5.41) is 14.8. The molecule has 0 heterocycles. The first-order valence-corrected chi connectivity index (χ1v) is 11.7. The quantitative estimate of drug-likeness (QED) is 0.529. The molecular weight excluding hydrogens is 432 g/mol. The number of hydrogen-bond donors (Lipinski definition) is 3. The molecule has 0 fully saturated rings. The van der Waals surface area contributed by atoms with E-state index in [-0.39, 0.29) is 18.4 Å². The van der Waals surface area contributed by atoms with Crippen LogP contribution in [0.4, 0.5) is 4.79 Å². The van der Waals surface area contributed by atoms with Gasteiger partial charge in [0.2, 0.25) is 5.91 Å². The summed E-state index contributed by atoms with van der Waals surface area (Å²) in [6, 6.07) is 14.1. The van der Waals surface area contributed by atoms with Crippen LogP contribution in [0, 0.1) is 11.3 Å². The first kappa shape index (κ1) is 25.3. The van der Waals surface area contributed by atoms with E-state index >= 15 is 0 Å². The van der Waals surface area contributed by atoms with Crippen LogP contribution >= 0.6 is 0 Å². The van der Waals surface area contributed by atoms with Gasteiger partial charge in [0, 0.05) is 5.92 Å². The van der Waals surface area contributed by atoms with Crippen LogP contribution in [0.25, 0.3) is 11.1 Å². The van der Waals surface area contributed by atoms with Crippen molar-refractivity contribution < 1.29 is 24.2 Å². The monoisotopic (exact) mass is 466 g/mol. The molecule has 0 saturated carbocycles. The maximum atomic E-state index is 13.0. The lowest BCUT2D eigenvalue weighted by Crippen LogP contribution is -2.57. The average Bonchev–Trinajstić information content (AvgIpc) is 3.11. The predicted octanol–water partition coefficient (Wildman–Crippen LogP) is 4.56. The molecule has 1 aliphatic carbocycles. The van der Waals surface area contributed by atoms with Crippen molar-refractivity contribution in [2.45, 2.75) is 59.0 Å². The highest BCUT2D eigenvalue weighted by Gasteiger charge is 2.37. The molecule has 1 aliphatic rings. The fourth-order valence-electron chi connectivity index (χ4n) is 4.35. The molecule has 7 nitrogen and oxygen atoms in total. The van der Waals surface area contributed by atoms with Gasteiger partial charge in [0.15, 0.2) is 0 Å². The van der Waals surface area contributed by atoms with Gasteiger partial charge < -0.3 is 20.5 Å². The van der Waals surface area contributed by atoms with Gasteiger partial charge in [-0.25, -0.2) is 9.59 Å². The van der Waals surface area contributed by atoms with Crippen molar-refractivity contribution in [3.8, 4) is 11.1 Å². The number of hydrogen-bond acceptors (Lipinski definition) is 4. The van der Waals surface area contributed by atoms with E-state index in [1.54, 1.807) is 27.7 Å². The third-order valence-electron chi connectivity index (χ3n) is 6.51. The van der Waals surface area contributed by atoms with Crippen LogP contribution in [0.1, 0.15) is 58.1 Å². The van der Waals surface area contributed by atoms with Crippen molar-refractivity contribution in [3.05, 3.63) is 59.7 Å². The second kappa shape index (κ2) is 10.3. The van der Waals surface area contributed by atoms with Crippen LogP contribution in [0.2, 0.25) is 0 Å². The lowest BCUT2D eigenvalue weighted by atomic mass is 9.85. The Hall–Kier alpha value is -3.35. The van der Waals surface area contributed by atoms with Gasteiger partial charge in [-0.1, -0.05) is 89.6 Å². The summed E-state index contributed by atoms with van der Waals surface area (Å²) in [5.41, 5.74) is 3.79. The molecule has 34 heavy (non-hydrogen) atoms. The summed E-state index contributed by atoms with van der Waals surface area (Å²) in [6.07, 6.45) is -0.121. The Labute approximate surface area is 200 Å². The molecule has 3 atom stereocenters. The smallest absolute Gasteiger partial charge is 0.407 e. The summed E-state index contributed by atoms with van der Waals surface area (Å²) in [5.74, 6) is -2.00. The fourth-order valence-corrected chi connectivity index (χ4v) is 4.35. The molecule has 182 valence electrons. The molecule has 2 aromatic carbocycles. The molecule has 1 unspecified atom stereocenters. The molecule has 0 saturated heterocycles. The minimum Gasteiger partial charge on any atom is -0.480 e. The number of benzene rings is 2. The zero-order chi connectivity index (χ0) is 25.0. The van der Waals surface area contributed by atoms with Crippen molar-refractivity contribution in [1.29, 1.82) is 0 Å². The third kappa shape index (κ3) is 5.41. The van der Waals surface area contributed by atoms with Gasteiger partial charge >= 0.3 is 12.1 Å². The summed E-state index contributed by atoms with van der Waals surface area (Å²) >= 11 is 0. The number of alkyl carbamates (subject to hydrolysis) is 1. The molecule has 7 heteroatoms. The maximum Gasteiger partial charge on any atom is 0.407 e. The number of carbonyl (C=O) groups excluding carboxylic acids is 2. The number of rotatable bonds is 8. The molecule has 0 aliphatic heterocycles. The number of amides is 2. The second-order valence-corrected chi connectivity index (χ2v) is 9.98. The number of carbonyl (C=O) groups is 3. The van der Waals surface area contributed by atoms with Crippen molar-refractivity contribution >= 4 is 18.0 Å². The molecular formula is C27H34N2O5. The molecule has 3 N–H and O–H groups in total. The molecule has 0 aromatic heterocycles. The number of fused-ring (bicyclic) bond motifs is 3. The Morgan fingerprint density at radius 1 is 0.971 bits per heavy atom. The van der Waals surface area contributed by atoms with Crippen molar-refractivity contribution in [2.24, 2.45) is 11.3 Å². The largest absolute Gasteiger partial charge is 0.480 e. The van der Waals surface area contributed by atoms with Crippen LogP contribution in [-0.4, -0.2) is 41.8 Å². The number of aliphatic carboxylic acids is 1. The van der Waals surface area contributed by atoms with Crippen LogP contribution in [0.15, 0.2) is 48.5 Å². The molecule has 0 radical (unpaired) electrons. The molecule has 0 bridgehead atoms. The molecule has 2 aromatic rings. The Morgan fingerprint density at radius 2 is 1.50 bits per heavy atom. The minimum absolute atomic E-state index is 0.0955. The van der Waals surface area contributed by atoms with E-state index in [0.29, 0.717) is 6.42 Å². The van der Waals surface area contributed by atoms with Crippen LogP contribution in [-0.2, 0) is 14.3 Å². The number of nitrogens with one attached hydrogen (secondary N) is 2. The Morgan fingerprint density at radius 3 is 1.97 bits per heavy atom. The summed E-state index contributed by atoms with van der Waals surface area (Å²) in [6.45, 7) is 9.18. The summed E-state index contributed by atoms with van der Waals surface area (Å²) < 4.78 is 5.59. The topological polar surface area (TPSA) is 105 Å². The molecule has 3 rings (SSSR count). The first-order chi connectivity index (χ1) is 16.0. The maximum absolute atomic E-state index is 13.0. The van der Waals surface area contributed by atoms with Gasteiger partial charge in [-0.3, -0.25) is 4.79 Å². The van der Waals surface area contributed by atoms with E-state index in [4.69, 9.17) is 4.74 Å². The van der Waals surface area contributed by atoms with E-state index in [2.05, 4.69) is 22.8 Å². The molecule has 2 amide bonds. The summed E-state index contributed by atoms with van der Waals surface area (Å²) in [4.78, 5) is 37.4. The zero-order valence-corrected chi connectivity index (χ0v) is 20.4. The van der Waals surface area contributed by atoms with E-state index in [9.17, 15) is 19.5 Å². The Balaban J connectivity index is 1.70. The SMILES string of the molecule is CCC(C)[C@H](NC(=O)[C@H](NC(=O)OCC1c2ccccc2-c2ccccc21)C(C)(C)C)C(=O)O. The Kier molecular flexibility index (Phi) is 7.64. The highest BCUT2D eigenvalue weighted by molar-refractivity contribution is 5.90. The van der Waals surface area contributed by atoms with Crippen molar-refractivity contribution in [3.63, 3.8) is 0 Å². The predicted molar refractivity (Wildman–Crippen MR) is 130 cm³/mol. The highest BCUT2D eigenvalue weighted by Crippen LogP contribution is 2.44. The van der Waals surface area contributed by atoms with Gasteiger partial charge in [-0.15, -0.1) is 0 Å². The van der Waals surface area contributed by atoms with Crippen LogP contribution in [0.3, 0.4) is 0 Å². The van der Waals surface area contributed by atoms with Gasteiger partial charge in [0.1, 0.15) is 18.7 Å². The lowest BCUT2D eigenvalue weighted by Gasteiger charge is -2.32. The number of carboxylic acid groups (broad SMARTS) is 1. The standard InChI is InChI=1S/C27H34N2O5/c1-6-16(2)22(25(31)32)28-24(30)23(27(3,4)5)29-26(33)34-15-21-19-13-9-7-11-17(19)18-12-8-10-14-20(18)21/h7-14,16,21-23H,6,15H2,1-5H3,(H,28,30)(H,29,33)(H,31,32)/t16?,22-,23-/m0/s1. The zero-order valence-electron chi connectivity index (χ0n) is 20.4. The van der Waals surface area contributed by atoms with Gasteiger partial charge in [-0.2, -0.15) is 0 Å². The van der Waals surface area contributed by atoms with E-state index in [1.807, 2.05) is 43.3 Å².